The molecule has 1 atom stereocenters. The van der Waals surface area contributed by atoms with Gasteiger partial charge in [-0.3, -0.25) is 4.79 Å². The molecule has 2 aromatic carbocycles. The minimum Gasteiger partial charge on any atom is -0.481 e. The Morgan fingerprint density at radius 1 is 1.27 bits per heavy atom. The highest BCUT2D eigenvalue weighted by molar-refractivity contribution is 5.95. The first-order valence-corrected chi connectivity index (χ1v) is 10.2. The van der Waals surface area contributed by atoms with E-state index < -0.39 is 0 Å². The molecule has 30 heavy (non-hydrogen) atoms. The van der Waals surface area contributed by atoms with Gasteiger partial charge in [0.1, 0.15) is 12.4 Å². The number of terminal acetylenes is 1. The van der Waals surface area contributed by atoms with Gasteiger partial charge in [0.05, 0.1) is 6.04 Å². The van der Waals surface area contributed by atoms with Crippen molar-refractivity contribution in [1.82, 2.24) is 10.6 Å². The molecule has 2 N–H and O–H groups in total. The number of hydrogen-bond donors (Lipinski definition) is 2. The SMILES string of the molecule is C#CCOc1ccc(CCNC(=O)NC(C)c2cccc(N3CCCC3=O)c2)cc1. The third-order valence-electron chi connectivity index (χ3n) is 5.05. The van der Waals surface area contributed by atoms with Crippen LogP contribution in [0, 0.1) is 12.3 Å². The number of ether oxygens (including phenoxy) is 1. The van der Waals surface area contributed by atoms with Gasteiger partial charge in [-0.2, -0.15) is 0 Å². The Balaban J connectivity index is 1.45. The van der Waals surface area contributed by atoms with Crippen molar-refractivity contribution in [2.45, 2.75) is 32.2 Å². The van der Waals surface area contributed by atoms with Gasteiger partial charge in [0, 0.05) is 25.2 Å². The van der Waals surface area contributed by atoms with Crippen molar-refractivity contribution in [2.75, 3.05) is 24.6 Å². The average Bonchev–Trinajstić information content (AvgIpc) is 3.19. The van der Waals surface area contributed by atoms with E-state index in [0.29, 0.717) is 19.4 Å². The molecule has 0 aromatic heterocycles. The van der Waals surface area contributed by atoms with Crippen LogP contribution in [0.3, 0.4) is 0 Å². The van der Waals surface area contributed by atoms with Gasteiger partial charge in [0.25, 0.3) is 0 Å². The molecule has 0 saturated carbocycles. The number of nitrogens with zero attached hydrogens (tertiary/aromatic N) is 1. The summed E-state index contributed by atoms with van der Waals surface area (Å²) in [6, 6.07) is 15.0. The highest BCUT2D eigenvalue weighted by Gasteiger charge is 2.22. The van der Waals surface area contributed by atoms with Crippen LogP contribution in [0.2, 0.25) is 0 Å². The van der Waals surface area contributed by atoms with Crippen LogP contribution >= 0.6 is 0 Å². The molecule has 1 unspecified atom stereocenters. The number of amides is 3. The number of hydrogen-bond acceptors (Lipinski definition) is 3. The van der Waals surface area contributed by atoms with E-state index in [1.807, 2.05) is 55.5 Å². The van der Waals surface area contributed by atoms with Gasteiger partial charge < -0.3 is 20.3 Å². The number of urea groups is 1. The van der Waals surface area contributed by atoms with Gasteiger partial charge >= 0.3 is 6.03 Å². The van der Waals surface area contributed by atoms with Crippen molar-refractivity contribution in [1.29, 1.82) is 0 Å². The number of nitrogens with one attached hydrogen (secondary N) is 2. The lowest BCUT2D eigenvalue weighted by molar-refractivity contribution is -0.117. The second-order valence-corrected chi connectivity index (χ2v) is 7.25. The quantitative estimate of drug-likeness (QED) is 0.661. The molecule has 1 heterocycles. The van der Waals surface area contributed by atoms with E-state index in [0.717, 1.165) is 35.5 Å². The van der Waals surface area contributed by atoms with Gasteiger partial charge in [-0.05, 0) is 55.2 Å². The first-order valence-electron chi connectivity index (χ1n) is 10.2. The minimum absolute atomic E-state index is 0.154. The lowest BCUT2D eigenvalue weighted by atomic mass is 10.1. The lowest BCUT2D eigenvalue weighted by Gasteiger charge is -2.19. The highest BCUT2D eigenvalue weighted by atomic mass is 16.5. The Labute approximate surface area is 177 Å². The summed E-state index contributed by atoms with van der Waals surface area (Å²) in [7, 11) is 0. The lowest BCUT2D eigenvalue weighted by Crippen LogP contribution is -2.38. The summed E-state index contributed by atoms with van der Waals surface area (Å²) < 4.78 is 5.35. The van der Waals surface area contributed by atoms with E-state index in [1.165, 1.54) is 0 Å². The van der Waals surface area contributed by atoms with Crippen LogP contribution in [0.15, 0.2) is 48.5 Å². The van der Waals surface area contributed by atoms with Gasteiger partial charge in [0.15, 0.2) is 0 Å². The molecule has 6 heteroatoms. The van der Waals surface area contributed by atoms with Crippen molar-refractivity contribution in [3.63, 3.8) is 0 Å². The van der Waals surface area contributed by atoms with Crippen LogP contribution < -0.4 is 20.3 Å². The molecule has 0 bridgehead atoms. The largest absolute Gasteiger partial charge is 0.481 e. The van der Waals surface area contributed by atoms with Crippen LogP contribution in [0.5, 0.6) is 5.75 Å². The molecule has 6 nitrogen and oxygen atoms in total. The molecule has 1 fully saturated rings. The van der Waals surface area contributed by atoms with Gasteiger partial charge in [-0.15, -0.1) is 6.42 Å². The molecule has 0 spiro atoms. The van der Waals surface area contributed by atoms with Crippen LogP contribution in [-0.2, 0) is 11.2 Å². The van der Waals surface area contributed by atoms with Crippen LogP contribution in [0.4, 0.5) is 10.5 Å². The molecular weight excluding hydrogens is 378 g/mol. The predicted molar refractivity (Wildman–Crippen MR) is 117 cm³/mol. The third-order valence-corrected chi connectivity index (χ3v) is 5.05. The molecular formula is C24H27N3O3. The molecule has 156 valence electrons. The number of anilines is 1. The summed E-state index contributed by atoms with van der Waals surface area (Å²) in [6.07, 6.45) is 7.38. The Hall–Kier alpha value is -3.46. The standard InChI is InChI=1S/C24H27N3O3/c1-3-16-30-22-11-9-19(10-12-22)13-14-25-24(29)26-18(2)20-6-4-7-21(17-20)27-15-5-8-23(27)28/h1,4,6-7,9-12,17-18H,5,8,13-16H2,2H3,(H2,25,26,29). The minimum atomic E-state index is -0.223. The van der Waals surface area contributed by atoms with Crippen LogP contribution in [-0.4, -0.2) is 31.6 Å². The zero-order valence-corrected chi connectivity index (χ0v) is 17.2. The number of rotatable bonds is 8. The summed E-state index contributed by atoms with van der Waals surface area (Å²) in [5.41, 5.74) is 2.95. The topological polar surface area (TPSA) is 70.7 Å². The molecule has 2 aromatic rings. The first-order chi connectivity index (χ1) is 14.6. The van der Waals surface area contributed by atoms with Crippen LogP contribution in [0.25, 0.3) is 0 Å². The fourth-order valence-corrected chi connectivity index (χ4v) is 3.41. The van der Waals surface area contributed by atoms with Crippen molar-refractivity contribution >= 4 is 17.6 Å². The second kappa shape index (κ2) is 10.4. The van der Waals surface area contributed by atoms with Crippen molar-refractivity contribution in [3.05, 3.63) is 59.7 Å². The van der Waals surface area contributed by atoms with Gasteiger partial charge in [0.2, 0.25) is 5.91 Å². The maximum absolute atomic E-state index is 12.3. The summed E-state index contributed by atoms with van der Waals surface area (Å²) in [6.45, 7) is 3.45. The van der Waals surface area contributed by atoms with E-state index in [9.17, 15) is 9.59 Å². The maximum Gasteiger partial charge on any atom is 0.315 e. The zero-order chi connectivity index (χ0) is 21.3. The Bertz CT molecular complexity index is 918. The fraction of sp³-hybridized carbons (Fsp3) is 0.333. The molecule has 0 aliphatic carbocycles. The molecule has 1 aliphatic heterocycles. The maximum atomic E-state index is 12.3. The number of carbonyl (C=O) groups is 2. The summed E-state index contributed by atoms with van der Waals surface area (Å²) >= 11 is 0. The van der Waals surface area contributed by atoms with Gasteiger partial charge in [-0.25, -0.2) is 4.79 Å². The third kappa shape index (κ3) is 5.77. The Morgan fingerprint density at radius 3 is 2.77 bits per heavy atom. The van der Waals surface area contributed by atoms with Crippen molar-refractivity contribution in [3.8, 4) is 18.1 Å². The summed E-state index contributed by atoms with van der Waals surface area (Å²) in [5.74, 6) is 3.31. The Kier molecular flexibility index (Phi) is 7.34. The van der Waals surface area contributed by atoms with E-state index in [-0.39, 0.29) is 24.6 Å². The first kappa shape index (κ1) is 21.3. The smallest absolute Gasteiger partial charge is 0.315 e. The Morgan fingerprint density at radius 2 is 2.07 bits per heavy atom. The van der Waals surface area contributed by atoms with E-state index in [4.69, 9.17) is 11.2 Å². The van der Waals surface area contributed by atoms with Crippen molar-refractivity contribution in [2.24, 2.45) is 0 Å². The van der Waals surface area contributed by atoms with E-state index in [1.54, 1.807) is 4.90 Å². The highest BCUT2D eigenvalue weighted by Crippen LogP contribution is 2.24. The van der Waals surface area contributed by atoms with Crippen LogP contribution in [0.1, 0.15) is 36.9 Å². The second-order valence-electron chi connectivity index (χ2n) is 7.25. The van der Waals surface area contributed by atoms with Gasteiger partial charge in [-0.1, -0.05) is 30.2 Å². The van der Waals surface area contributed by atoms with Crippen molar-refractivity contribution < 1.29 is 14.3 Å². The zero-order valence-electron chi connectivity index (χ0n) is 17.2. The molecule has 3 amide bonds. The monoisotopic (exact) mass is 405 g/mol. The molecule has 1 saturated heterocycles. The number of benzene rings is 2. The molecule has 0 radical (unpaired) electrons. The predicted octanol–water partition coefficient (Wildman–Crippen LogP) is 3.43. The number of carbonyl (C=O) groups excluding carboxylic acids is 2. The van der Waals surface area contributed by atoms with E-state index >= 15 is 0 Å². The average molecular weight is 405 g/mol. The molecule has 1 aliphatic rings. The van der Waals surface area contributed by atoms with E-state index in [2.05, 4.69) is 16.6 Å². The summed E-state index contributed by atoms with van der Waals surface area (Å²) in [5, 5.41) is 5.84. The normalized spacial score (nSPS) is 14.1. The fourth-order valence-electron chi connectivity index (χ4n) is 3.41. The summed E-state index contributed by atoms with van der Waals surface area (Å²) in [4.78, 5) is 26.0. The molecule has 3 rings (SSSR count).